The lowest BCUT2D eigenvalue weighted by Crippen LogP contribution is -2.21. The normalized spacial score (nSPS) is 13.8. The molecule has 0 saturated carbocycles. The average Bonchev–Trinajstić information content (AvgIpc) is 2.99. The van der Waals surface area contributed by atoms with Gasteiger partial charge in [-0.15, -0.1) is 0 Å². The first-order chi connectivity index (χ1) is 19.9. The van der Waals surface area contributed by atoms with Crippen molar-refractivity contribution in [3.05, 3.63) is 125 Å². The van der Waals surface area contributed by atoms with Gasteiger partial charge in [-0.3, -0.25) is 0 Å². The first-order valence-electron chi connectivity index (χ1n) is 12.6. The molecule has 4 aromatic rings. The fourth-order valence-corrected chi connectivity index (χ4v) is 4.38. The fourth-order valence-electron chi connectivity index (χ4n) is 4.38. The van der Waals surface area contributed by atoms with Crippen molar-refractivity contribution in [3.63, 3.8) is 0 Å². The third kappa shape index (κ3) is 6.23. The zero-order valence-electron chi connectivity index (χ0n) is 22.0. The highest BCUT2D eigenvalue weighted by Gasteiger charge is 2.31. The number of esters is 1. The van der Waals surface area contributed by atoms with Crippen molar-refractivity contribution in [3.8, 4) is 34.8 Å². The molecule has 0 aromatic heterocycles. The molecule has 206 valence electrons. The van der Waals surface area contributed by atoms with Crippen LogP contribution in [-0.4, -0.2) is 19.7 Å². The van der Waals surface area contributed by atoms with E-state index in [1.165, 1.54) is 19.2 Å². The number of methoxy groups -OCH3 is 1. The van der Waals surface area contributed by atoms with E-state index < -0.39 is 11.9 Å². The van der Waals surface area contributed by atoms with E-state index in [0.717, 1.165) is 11.1 Å². The Morgan fingerprint density at radius 2 is 1.66 bits per heavy atom. The number of benzene rings is 4. The number of nitriles is 1. The third-order valence-corrected chi connectivity index (χ3v) is 6.37. The summed E-state index contributed by atoms with van der Waals surface area (Å²) >= 11 is 0. The first-order valence-corrected chi connectivity index (χ1v) is 12.6. The quantitative estimate of drug-likeness (QED) is 0.210. The maximum absolute atomic E-state index is 13.1. The van der Waals surface area contributed by atoms with Crippen LogP contribution in [0.3, 0.4) is 0 Å². The maximum Gasteiger partial charge on any atom is 0.349 e. The van der Waals surface area contributed by atoms with Gasteiger partial charge in [0, 0.05) is 11.6 Å². The Hall–Kier alpha value is -5.49. The highest BCUT2D eigenvalue weighted by atomic mass is 19.1. The molecule has 0 radical (unpaired) electrons. The Balaban J connectivity index is 1.30. The Morgan fingerprint density at radius 1 is 0.951 bits per heavy atom. The van der Waals surface area contributed by atoms with Crippen LogP contribution in [0, 0.1) is 17.1 Å². The van der Waals surface area contributed by atoms with Crippen molar-refractivity contribution in [2.24, 2.45) is 5.73 Å². The number of fused-ring (bicyclic) bond motifs is 1. The average molecular weight is 553 g/mol. The van der Waals surface area contributed by atoms with Gasteiger partial charge in [0.2, 0.25) is 5.88 Å². The van der Waals surface area contributed by atoms with Gasteiger partial charge in [0.05, 0.1) is 13.0 Å². The molecule has 0 amide bonds. The highest BCUT2D eigenvalue weighted by Crippen LogP contribution is 2.43. The van der Waals surface area contributed by atoms with Crippen LogP contribution >= 0.6 is 0 Å². The molecule has 2 N–H and O–H groups in total. The number of carbonyl (C=O) groups is 1. The summed E-state index contributed by atoms with van der Waals surface area (Å²) in [5, 5.41) is 9.86. The van der Waals surface area contributed by atoms with E-state index in [1.54, 1.807) is 66.7 Å². The van der Waals surface area contributed by atoms with Gasteiger partial charge in [-0.05, 0) is 53.6 Å². The van der Waals surface area contributed by atoms with E-state index in [9.17, 15) is 14.4 Å². The van der Waals surface area contributed by atoms with Gasteiger partial charge in [0.1, 0.15) is 41.3 Å². The van der Waals surface area contributed by atoms with E-state index in [-0.39, 0.29) is 36.2 Å². The summed E-state index contributed by atoms with van der Waals surface area (Å²) in [5.74, 6) is 0.637. The van der Waals surface area contributed by atoms with Crippen molar-refractivity contribution >= 4 is 5.97 Å². The Labute approximate surface area is 235 Å². The molecule has 1 aliphatic heterocycles. The standard InChI is InChI=1S/C32H25FN2O6/c1-37-27-4-2-3-5-28(27)39-19-30(36)40-24-14-15-25-29(16-24)41-32(35)26(17-34)31(25)21-8-12-23(13-9-21)38-18-20-6-10-22(33)11-7-20/h2-16,31H,18-19,35H2,1H3. The van der Waals surface area contributed by atoms with Crippen molar-refractivity contribution in [2.45, 2.75) is 12.5 Å². The van der Waals surface area contributed by atoms with Crippen molar-refractivity contribution in [1.82, 2.24) is 0 Å². The molecular formula is C32H25FN2O6. The number of hydrogen-bond donors (Lipinski definition) is 1. The molecule has 4 aromatic carbocycles. The topological polar surface area (TPSA) is 113 Å². The van der Waals surface area contributed by atoms with Gasteiger partial charge in [0.15, 0.2) is 18.1 Å². The monoisotopic (exact) mass is 552 g/mol. The summed E-state index contributed by atoms with van der Waals surface area (Å²) in [6.45, 7) is -0.0569. The van der Waals surface area contributed by atoms with E-state index in [2.05, 4.69) is 6.07 Å². The molecule has 0 bridgehead atoms. The first kappa shape index (κ1) is 27.1. The molecule has 1 heterocycles. The van der Waals surface area contributed by atoms with Crippen LogP contribution in [0.2, 0.25) is 0 Å². The van der Waals surface area contributed by atoms with E-state index in [4.69, 9.17) is 29.4 Å². The number of para-hydroxylation sites is 2. The van der Waals surface area contributed by atoms with Gasteiger partial charge in [-0.25, -0.2) is 9.18 Å². The van der Waals surface area contributed by atoms with Crippen molar-refractivity contribution in [2.75, 3.05) is 13.7 Å². The second-order valence-corrected chi connectivity index (χ2v) is 9.02. The SMILES string of the molecule is COc1ccccc1OCC(=O)Oc1ccc2c(c1)OC(N)=C(C#N)C2c1ccc(OCc2ccc(F)cc2)cc1. The zero-order chi connectivity index (χ0) is 28.8. The van der Waals surface area contributed by atoms with Gasteiger partial charge >= 0.3 is 5.97 Å². The maximum atomic E-state index is 13.1. The molecule has 0 aliphatic carbocycles. The summed E-state index contributed by atoms with van der Waals surface area (Å²) < 4.78 is 40.9. The molecule has 0 fully saturated rings. The van der Waals surface area contributed by atoms with Gasteiger partial charge in [0.25, 0.3) is 0 Å². The van der Waals surface area contributed by atoms with E-state index in [0.29, 0.717) is 28.6 Å². The van der Waals surface area contributed by atoms with E-state index >= 15 is 0 Å². The minimum Gasteiger partial charge on any atom is -0.493 e. The van der Waals surface area contributed by atoms with Crippen LogP contribution in [0.5, 0.6) is 28.7 Å². The number of carbonyl (C=O) groups excluding carboxylic acids is 1. The molecule has 0 spiro atoms. The van der Waals surface area contributed by atoms with Gasteiger partial charge < -0.3 is 29.4 Å². The second-order valence-electron chi connectivity index (χ2n) is 9.02. The number of ether oxygens (including phenoxy) is 5. The number of hydrogen-bond acceptors (Lipinski definition) is 8. The molecule has 1 unspecified atom stereocenters. The number of halogens is 1. The van der Waals surface area contributed by atoms with Crippen LogP contribution < -0.4 is 29.4 Å². The number of nitrogens with two attached hydrogens (primary N) is 1. The van der Waals surface area contributed by atoms with Gasteiger partial charge in [-0.1, -0.05) is 42.5 Å². The lowest BCUT2D eigenvalue weighted by molar-refractivity contribution is -0.136. The van der Waals surface area contributed by atoms with Crippen molar-refractivity contribution in [1.29, 1.82) is 5.26 Å². The predicted molar refractivity (Wildman–Crippen MR) is 147 cm³/mol. The Bertz CT molecular complexity index is 1630. The molecule has 0 saturated heterocycles. The number of nitrogens with zero attached hydrogens (tertiary/aromatic N) is 1. The summed E-state index contributed by atoms with van der Waals surface area (Å²) in [5.41, 5.74) is 8.68. The van der Waals surface area contributed by atoms with Crippen LogP contribution in [0.4, 0.5) is 4.39 Å². The summed E-state index contributed by atoms with van der Waals surface area (Å²) in [7, 11) is 1.51. The Morgan fingerprint density at radius 3 is 2.37 bits per heavy atom. The lowest BCUT2D eigenvalue weighted by atomic mass is 9.83. The third-order valence-electron chi connectivity index (χ3n) is 6.37. The lowest BCUT2D eigenvalue weighted by Gasteiger charge is -2.26. The van der Waals surface area contributed by atoms with Crippen LogP contribution in [-0.2, 0) is 11.4 Å². The van der Waals surface area contributed by atoms with E-state index in [1.807, 2.05) is 12.1 Å². The largest absolute Gasteiger partial charge is 0.493 e. The summed E-state index contributed by atoms with van der Waals surface area (Å²) in [4.78, 5) is 12.5. The summed E-state index contributed by atoms with van der Waals surface area (Å²) in [6, 6.07) is 27.4. The minimum absolute atomic E-state index is 0.0374. The van der Waals surface area contributed by atoms with Crippen molar-refractivity contribution < 1.29 is 32.9 Å². The molecule has 41 heavy (non-hydrogen) atoms. The Kier molecular flexibility index (Phi) is 8.02. The fraction of sp³-hybridized carbons (Fsp3) is 0.125. The van der Waals surface area contributed by atoms with Crippen LogP contribution in [0.1, 0.15) is 22.6 Å². The number of allylic oxidation sites excluding steroid dienone is 1. The molecule has 9 heteroatoms. The molecular weight excluding hydrogens is 527 g/mol. The van der Waals surface area contributed by atoms with Crippen LogP contribution in [0.15, 0.2) is 102 Å². The molecule has 8 nitrogen and oxygen atoms in total. The second kappa shape index (κ2) is 12.1. The minimum atomic E-state index is -0.624. The van der Waals surface area contributed by atoms with Crippen LogP contribution in [0.25, 0.3) is 0 Å². The zero-order valence-corrected chi connectivity index (χ0v) is 22.0. The van der Waals surface area contributed by atoms with Gasteiger partial charge in [-0.2, -0.15) is 5.26 Å². The smallest absolute Gasteiger partial charge is 0.349 e. The molecule has 1 aliphatic rings. The molecule has 1 atom stereocenters. The predicted octanol–water partition coefficient (Wildman–Crippen LogP) is 5.62. The summed E-state index contributed by atoms with van der Waals surface area (Å²) in [6.07, 6.45) is 0. The number of rotatable bonds is 9. The highest BCUT2D eigenvalue weighted by molar-refractivity contribution is 5.74. The molecule has 5 rings (SSSR count).